The first-order chi connectivity index (χ1) is 8.22. The average Bonchev–Trinajstić information content (AvgIpc) is 2.80. The topological polar surface area (TPSA) is 60.0 Å². The standard InChI is InChI=1S/C12H25NO4/c1-10(6-15-2)17-9-12(14)8-16-7-11-3-4-13-5-11/h10-14H,3-9H2,1-2H3. The molecule has 0 radical (unpaired) electrons. The van der Waals surface area contributed by atoms with Crippen molar-refractivity contribution in [2.45, 2.75) is 25.6 Å². The maximum absolute atomic E-state index is 9.63. The van der Waals surface area contributed by atoms with Crippen molar-refractivity contribution < 1.29 is 19.3 Å². The number of nitrogens with one attached hydrogen (secondary N) is 1. The van der Waals surface area contributed by atoms with Crippen LogP contribution in [0.4, 0.5) is 0 Å². The first-order valence-electron chi connectivity index (χ1n) is 6.29. The predicted octanol–water partition coefficient (Wildman–Crippen LogP) is 0.0249. The summed E-state index contributed by atoms with van der Waals surface area (Å²) in [6, 6.07) is 0. The van der Waals surface area contributed by atoms with Gasteiger partial charge in [-0.3, -0.25) is 0 Å². The number of aliphatic hydroxyl groups is 1. The van der Waals surface area contributed by atoms with Crippen LogP contribution in [-0.2, 0) is 14.2 Å². The summed E-state index contributed by atoms with van der Waals surface area (Å²) in [6.07, 6.45) is 0.620. The van der Waals surface area contributed by atoms with Crippen molar-refractivity contribution in [1.29, 1.82) is 0 Å². The molecule has 3 atom stereocenters. The van der Waals surface area contributed by atoms with E-state index in [-0.39, 0.29) is 6.10 Å². The molecule has 102 valence electrons. The molecule has 1 rings (SSSR count). The van der Waals surface area contributed by atoms with E-state index in [1.165, 1.54) is 0 Å². The lowest BCUT2D eigenvalue weighted by molar-refractivity contribution is -0.0594. The molecule has 0 aromatic carbocycles. The molecule has 1 aliphatic rings. The normalized spacial score (nSPS) is 23.8. The van der Waals surface area contributed by atoms with Gasteiger partial charge in [-0.2, -0.15) is 0 Å². The highest BCUT2D eigenvalue weighted by Gasteiger charge is 2.15. The van der Waals surface area contributed by atoms with Gasteiger partial charge in [0.05, 0.1) is 32.5 Å². The molecule has 3 unspecified atom stereocenters. The van der Waals surface area contributed by atoms with Gasteiger partial charge in [-0.1, -0.05) is 0 Å². The summed E-state index contributed by atoms with van der Waals surface area (Å²) in [5.74, 6) is 0.593. The van der Waals surface area contributed by atoms with Crippen LogP contribution in [0.25, 0.3) is 0 Å². The van der Waals surface area contributed by atoms with Crippen molar-refractivity contribution >= 4 is 0 Å². The smallest absolute Gasteiger partial charge is 0.101 e. The molecule has 1 saturated heterocycles. The summed E-state index contributed by atoms with van der Waals surface area (Å²) in [6.45, 7) is 5.93. The molecule has 0 saturated carbocycles. The van der Waals surface area contributed by atoms with Crippen molar-refractivity contribution in [3.63, 3.8) is 0 Å². The number of rotatable bonds is 9. The van der Waals surface area contributed by atoms with Crippen LogP contribution < -0.4 is 5.32 Å². The van der Waals surface area contributed by atoms with Gasteiger partial charge in [-0.05, 0) is 25.8 Å². The number of methoxy groups -OCH3 is 1. The molecule has 1 aliphatic heterocycles. The van der Waals surface area contributed by atoms with E-state index in [0.717, 1.165) is 26.1 Å². The number of aliphatic hydroxyl groups excluding tert-OH is 1. The summed E-state index contributed by atoms with van der Waals surface area (Å²) in [5, 5.41) is 12.9. The highest BCUT2D eigenvalue weighted by Crippen LogP contribution is 2.07. The summed E-state index contributed by atoms with van der Waals surface area (Å²) in [7, 11) is 1.63. The van der Waals surface area contributed by atoms with Gasteiger partial charge in [0.2, 0.25) is 0 Å². The van der Waals surface area contributed by atoms with E-state index in [4.69, 9.17) is 14.2 Å². The van der Waals surface area contributed by atoms with Crippen LogP contribution in [-0.4, -0.2) is 63.9 Å². The SMILES string of the molecule is COCC(C)OCC(O)COCC1CCNC1. The first-order valence-corrected chi connectivity index (χ1v) is 6.29. The fourth-order valence-electron chi connectivity index (χ4n) is 1.83. The second-order valence-corrected chi connectivity index (χ2v) is 4.65. The van der Waals surface area contributed by atoms with Crippen molar-refractivity contribution in [3.05, 3.63) is 0 Å². The Hall–Kier alpha value is -0.200. The third-order valence-electron chi connectivity index (χ3n) is 2.80. The van der Waals surface area contributed by atoms with Gasteiger partial charge < -0.3 is 24.6 Å². The van der Waals surface area contributed by atoms with Crippen LogP contribution in [0.1, 0.15) is 13.3 Å². The Morgan fingerprint density at radius 1 is 1.35 bits per heavy atom. The molecule has 0 aromatic rings. The number of hydrogen-bond donors (Lipinski definition) is 2. The van der Waals surface area contributed by atoms with Crippen LogP contribution in [0.3, 0.4) is 0 Å². The van der Waals surface area contributed by atoms with Crippen LogP contribution in [0.15, 0.2) is 0 Å². The Labute approximate surface area is 103 Å². The third-order valence-corrected chi connectivity index (χ3v) is 2.80. The van der Waals surface area contributed by atoms with E-state index in [1.807, 2.05) is 6.92 Å². The number of ether oxygens (including phenoxy) is 3. The highest BCUT2D eigenvalue weighted by atomic mass is 16.5. The maximum Gasteiger partial charge on any atom is 0.101 e. The minimum atomic E-state index is -0.552. The van der Waals surface area contributed by atoms with Gasteiger partial charge in [0.15, 0.2) is 0 Å². The maximum atomic E-state index is 9.63. The van der Waals surface area contributed by atoms with Gasteiger partial charge in [-0.25, -0.2) is 0 Å². The van der Waals surface area contributed by atoms with Crippen molar-refractivity contribution in [2.75, 3.05) is 46.6 Å². The van der Waals surface area contributed by atoms with Crippen molar-refractivity contribution in [2.24, 2.45) is 5.92 Å². The Morgan fingerprint density at radius 2 is 2.18 bits per heavy atom. The Bertz CT molecular complexity index is 185. The lowest BCUT2D eigenvalue weighted by atomic mass is 10.1. The third kappa shape index (κ3) is 6.95. The van der Waals surface area contributed by atoms with Gasteiger partial charge in [0, 0.05) is 13.7 Å². The quantitative estimate of drug-likeness (QED) is 0.602. The summed E-state index contributed by atoms with van der Waals surface area (Å²) < 4.78 is 15.8. The molecule has 0 bridgehead atoms. The molecule has 0 amide bonds. The molecule has 17 heavy (non-hydrogen) atoms. The Balaban J connectivity index is 1.94. The first kappa shape index (κ1) is 14.9. The van der Waals surface area contributed by atoms with E-state index in [0.29, 0.717) is 25.7 Å². The van der Waals surface area contributed by atoms with Gasteiger partial charge >= 0.3 is 0 Å². The fraction of sp³-hybridized carbons (Fsp3) is 1.00. The lowest BCUT2D eigenvalue weighted by Gasteiger charge is -2.17. The minimum Gasteiger partial charge on any atom is -0.388 e. The second-order valence-electron chi connectivity index (χ2n) is 4.65. The molecule has 2 N–H and O–H groups in total. The monoisotopic (exact) mass is 247 g/mol. The molecule has 0 aliphatic carbocycles. The second kappa shape index (κ2) is 8.83. The zero-order valence-electron chi connectivity index (χ0n) is 10.9. The lowest BCUT2D eigenvalue weighted by Crippen LogP contribution is -2.27. The highest BCUT2D eigenvalue weighted by molar-refractivity contribution is 4.70. The summed E-state index contributed by atoms with van der Waals surface area (Å²) in [4.78, 5) is 0. The van der Waals surface area contributed by atoms with Crippen molar-refractivity contribution in [1.82, 2.24) is 5.32 Å². The van der Waals surface area contributed by atoms with E-state index >= 15 is 0 Å². The van der Waals surface area contributed by atoms with E-state index < -0.39 is 6.10 Å². The molecule has 1 heterocycles. The van der Waals surface area contributed by atoms with Crippen LogP contribution in [0, 0.1) is 5.92 Å². The molecular weight excluding hydrogens is 222 g/mol. The minimum absolute atomic E-state index is 0.00804. The van der Waals surface area contributed by atoms with Crippen LogP contribution in [0.5, 0.6) is 0 Å². The largest absolute Gasteiger partial charge is 0.388 e. The summed E-state index contributed by atoms with van der Waals surface area (Å²) >= 11 is 0. The molecule has 5 nitrogen and oxygen atoms in total. The van der Waals surface area contributed by atoms with E-state index in [2.05, 4.69) is 5.32 Å². The zero-order chi connectivity index (χ0) is 12.5. The van der Waals surface area contributed by atoms with Gasteiger partial charge in [0.1, 0.15) is 6.10 Å². The van der Waals surface area contributed by atoms with Crippen LogP contribution in [0.2, 0.25) is 0 Å². The van der Waals surface area contributed by atoms with Crippen LogP contribution >= 0.6 is 0 Å². The number of hydrogen-bond acceptors (Lipinski definition) is 5. The van der Waals surface area contributed by atoms with E-state index in [9.17, 15) is 5.11 Å². The van der Waals surface area contributed by atoms with Gasteiger partial charge in [-0.15, -0.1) is 0 Å². The molecular formula is C12H25NO4. The Morgan fingerprint density at radius 3 is 2.82 bits per heavy atom. The Kier molecular flexibility index (Phi) is 7.72. The molecule has 0 aromatic heterocycles. The molecule has 0 spiro atoms. The average molecular weight is 247 g/mol. The fourth-order valence-corrected chi connectivity index (χ4v) is 1.83. The molecule has 5 heteroatoms. The van der Waals surface area contributed by atoms with E-state index in [1.54, 1.807) is 7.11 Å². The zero-order valence-corrected chi connectivity index (χ0v) is 10.9. The predicted molar refractivity (Wildman–Crippen MR) is 65.1 cm³/mol. The molecule has 1 fully saturated rings. The summed E-state index contributed by atoms with van der Waals surface area (Å²) in [5.41, 5.74) is 0. The van der Waals surface area contributed by atoms with Gasteiger partial charge in [0.25, 0.3) is 0 Å². The van der Waals surface area contributed by atoms with Crippen molar-refractivity contribution in [3.8, 4) is 0 Å².